The molecule has 3 rings (SSSR count). The van der Waals surface area contributed by atoms with Crippen LogP contribution in [-0.4, -0.2) is 5.11 Å². The monoisotopic (exact) mass is 273 g/mol. The van der Waals surface area contributed by atoms with Crippen molar-refractivity contribution in [3.63, 3.8) is 0 Å². The van der Waals surface area contributed by atoms with Crippen LogP contribution in [0.2, 0.25) is 0 Å². The van der Waals surface area contributed by atoms with Crippen LogP contribution < -0.4 is 5.32 Å². The molecule has 1 unspecified atom stereocenters. The number of benzene rings is 1. The summed E-state index contributed by atoms with van der Waals surface area (Å²) in [6.07, 6.45) is 3.77. The zero-order valence-corrected chi connectivity index (χ0v) is 11.7. The van der Waals surface area contributed by atoms with Gasteiger partial charge >= 0.3 is 0 Å². The van der Waals surface area contributed by atoms with E-state index in [-0.39, 0.29) is 6.61 Å². The molecule has 1 aliphatic rings. The summed E-state index contributed by atoms with van der Waals surface area (Å²) < 4.78 is 0. The van der Waals surface area contributed by atoms with Gasteiger partial charge < -0.3 is 10.4 Å². The summed E-state index contributed by atoms with van der Waals surface area (Å²) in [4.78, 5) is 1.55. The molecule has 3 heteroatoms. The van der Waals surface area contributed by atoms with Gasteiger partial charge in [0, 0.05) is 17.5 Å². The molecule has 1 aromatic heterocycles. The number of aryl methyl sites for hydroxylation is 1. The van der Waals surface area contributed by atoms with Crippen LogP contribution >= 0.6 is 11.3 Å². The number of aliphatic hydroxyl groups excluding tert-OH is 1. The number of hydrogen-bond donors (Lipinski definition) is 2. The molecule has 0 spiro atoms. The normalized spacial score (nSPS) is 18.3. The van der Waals surface area contributed by atoms with E-state index in [1.807, 2.05) is 23.5 Å². The third kappa shape index (κ3) is 2.89. The summed E-state index contributed by atoms with van der Waals surface area (Å²) in [6.45, 7) is 1.01. The largest absolute Gasteiger partial charge is 0.392 e. The van der Waals surface area contributed by atoms with Crippen molar-refractivity contribution < 1.29 is 5.11 Å². The smallest absolute Gasteiger partial charge is 0.0681 e. The molecule has 0 fully saturated rings. The van der Waals surface area contributed by atoms with Gasteiger partial charge in [-0.05, 0) is 47.4 Å². The Morgan fingerprint density at radius 1 is 1.16 bits per heavy atom. The maximum atomic E-state index is 9.03. The van der Waals surface area contributed by atoms with Gasteiger partial charge in [0.05, 0.1) is 6.61 Å². The molecular weight excluding hydrogens is 254 g/mol. The number of fused-ring (bicyclic) bond motifs is 1. The van der Waals surface area contributed by atoms with E-state index in [2.05, 4.69) is 28.9 Å². The van der Waals surface area contributed by atoms with Gasteiger partial charge in [-0.15, -0.1) is 11.3 Å². The Labute approximate surface area is 118 Å². The van der Waals surface area contributed by atoms with Crippen LogP contribution in [-0.2, 0) is 19.6 Å². The van der Waals surface area contributed by atoms with Crippen LogP contribution in [0.1, 0.15) is 40.5 Å². The van der Waals surface area contributed by atoms with Gasteiger partial charge in [0.2, 0.25) is 0 Å². The zero-order chi connectivity index (χ0) is 13.1. The van der Waals surface area contributed by atoms with E-state index in [4.69, 9.17) is 5.11 Å². The highest BCUT2D eigenvalue weighted by Crippen LogP contribution is 2.33. The van der Waals surface area contributed by atoms with E-state index in [9.17, 15) is 0 Å². The van der Waals surface area contributed by atoms with Crippen molar-refractivity contribution in [3.05, 3.63) is 57.3 Å². The Kier molecular flexibility index (Phi) is 3.97. The Morgan fingerprint density at radius 3 is 2.74 bits per heavy atom. The average Bonchev–Trinajstić information content (AvgIpc) is 2.94. The predicted octanol–water partition coefficient (Wildman–Crippen LogP) is 3.41. The first-order valence-electron chi connectivity index (χ1n) is 6.85. The summed E-state index contributed by atoms with van der Waals surface area (Å²) in [7, 11) is 0. The molecule has 0 saturated heterocycles. The predicted molar refractivity (Wildman–Crippen MR) is 79.2 cm³/mol. The van der Waals surface area contributed by atoms with Crippen LogP contribution in [0.5, 0.6) is 0 Å². The first kappa shape index (κ1) is 12.9. The lowest BCUT2D eigenvalue weighted by molar-refractivity contribution is 0.282. The van der Waals surface area contributed by atoms with Gasteiger partial charge in [0.15, 0.2) is 0 Å². The highest BCUT2D eigenvalue weighted by molar-refractivity contribution is 7.10. The first-order chi connectivity index (χ1) is 9.36. The molecule has 0 amide bonds. The highest BCUT2D eigenvalue weighted by atomic mass is 32.1. The minimum Gasteiger partial charge on any atom is -0.392 e. The van der Waals surface area contributed by atoms with E-state index in [0.717, 1.165) is 12.1 Å². The molecule has 2 nitrogen and oxygen atoms in total. The Hall–Kier alpha value is -1.16. The summed E-state index contributed by atoms with van der Waals surface area (Å²) in [5.41, 5.74) is 3.75. The molecule has 0 saturated carbocycles. The molecule has 0 bridgehead atoms. The van der Waals surface area contributed by atoms with Crippen molar-refractivity contribution in [2.45, 2.75) is 38.5 Å². The molecule has 1 heterocycles. The van der Waals surface area contributed by atoms with Crippen molar-refractivity contribution in [2.24, 2.45) is 0 Å². The van der Waals surface area contributed by atoms with Gasteiger partial charge in [-0.2, -0.15) is 0 Å². The lowest BCUT2D eigenvalue weighted by atomic mass is 9.94. The van der Waals surface area contributed by atoms with Gasteiger partial charge in [-0.25, -0.2) is 0 Å². The van der Waals surface area contributed by atoms with Gasteiger partial charge in [0.1, 0.15) is 0 Å². The SMILES string of the molecule is OCc1ccc(CNC2CCCc3sccc32)cc1. The number of nitrogens with one attached hydrogen (secondary N) is 1. The fourth-order valence-electron chi connectivity index (χ4n) is 2.70. The van der Waals surface area contributed by atoms with E-state index in [0.29, 0.717) is 6.04 Å². The number of aliphatic hydroxyl groups is 1. The summed E-state index contributed by atoms with van der Waals surface area (Å²) in [5.74, 6) is 0. The molecule has 0 radical (unpaired) electrons. The van der Waals surface area contributed by atoms with Crippen molar-refractivity contribution in [1.29, 1.82) is 0 Å². The van der Waals surface area contributed by atoms with Crippen molar-refractivity contribution in [1.82, 2.24) is 5.32 Å². The number of thiophene rings is 1. The van der Waals surface area contributed by atoms with Crippen LogP contribution in [0.15, 0.2) is 35.7 Å². The molecule has 1 aliphatic carbocycles. The maximum Gasteiger partial charge on any atom is 0.0681 e. The summed E-state index contributed by atoms with van der Waals surface area (Å²) in [5, 5.41) is 14.9. The standard InChI is InChI=1S/C16H19NOS/c18-11-13-6-4-12(5-7-13)10-17-15-2-1-3-16-14(15)8-9-19-16/h4-9,15,17-18H,1-3,10-11H2. The highest BCUT2D eigenvalue weighted by Gasteiger charge is 2.20. The minimum atomic E-state index is 0.120. The molecule has 1 aromatic carbocycles. The minimum absolute atomic E-state index is 0.120. The quantitative estimate of drug-likeness (QED) is 0.894. The molecule has 0 aliphatic heterocycles. The molecule has 2 aromatic rings. The summed E-state index contributed by atoms with van der Waals surface area (Å²) in [6, 6.07) is 11.0. The van der Waals surface area contributed by atoms with Crippen LogP contribution in [0.25, 0.3) is 0 Å². The van der Waals surface area contributed by atoms with Gasteiger partial charge in [0.25, 0.3) is 0 Å². The topological polar surface area (TPSA) is 32.3 Å². The Balaban J connectivity index is 1.64. The van der Waals surface area contributed by atoms with E-state index in [1.165, 1.54) is 30.4 Å². The molecular formula is C16H19NOS. The van der Waals surface area contributed by atoms with Crippen LogP contribution in [0.4, 0.5) is 0 Å². The van der Waals surface area contributed by atoms with Crippen molar-refractivity contribution >= 4 is 11.3 Å². The maximum absolute atomic E-state index is 9.03. The number of hydrogen-bond acceptors (Lipinski definition) is 3. The van der Waals surface area contributed by atoms with Crippen molar-refractivity contribution in [3.8, 4) is 0 Å². The Morgan fingerprint density at radius 2 is 1.95 bits per heavy atom. The number of rotatable bonds is 4. The van der Waals surface area contributed by atoms with E-state index >= 15 is 0 Å². The first-order valence-corrected chi connectivity index (χ1v) is 7.73. The molecule has 1 atom stereocenters. The zero-order valence-electron chi connectivity index (χ0n) is 10.9. The van der Waals surface area contributed by atoms with E-state index in [1.54, 1.807) is 4.88 Å². The molecule has 2 N–H and O–H groups in total. The summed E-state index contributed by atoms with van der Waals surface area (Å²) >= 11 is 1.89. The fourth-order valence-corrected chi connectivity index (χ4v) is 3.69. The third-order valence-corrected chi connectivity index (χ3v) is 4.81. The lowest BCUT2D eigenvalue weighted by Crippen LogP contribution is -2.23. The lowest BCUT2D eigenvalue weighted by Gasteiger charge is -2.24. The second-order valence-electron chi connectivity index (χ2n) is 5.10. The fraction of sp³-hybridized carbons (Fsp3) is 0.375. The van der Waals surface area contributed by atoms with Crippen LogP contribution in [0, 0.1) is 0 Å². The van der Waals surface area contributed by atoms with Gasteiger partial charge in [-0.3, -0.25) is 0 Å². The van der Waals surface area contributed by atoms with Gasteiger partial charge in [-0.1, -0.05) is 24.3 Å². The molecule has 100 valence electrons. The third-order valence-electron chi connectivity index (χ3n) is 3.81. The Bertz CT molecular complexity index is 532. The van der Waals surface area contributed by atoms with Crippen LogP contribution in [0.3, 0.4) is 0 Å². The van der Waals surface area contributed by atoms with Crippen molar-refractivity contribution in [2.75, 3.05) is 0 Å². The molecule has 19 heavy (non-hydrogen) atoms. The van der Waals surface area contributed by atoms with E-state index < -0.39 is 0 Å². The second kappa shape index (κ2) is 5.87. The second-order valence-corrected chi connectivity index (χ2v) is 6.10. The average molecular weight is 273 g/mol.